The summed E-state index contributed by atoms with van der Waals surface area (Å²) in [6, 6.07) is 17.1. The first kappa shape index (κ1) is 17.1. The predicted molar refractivity (Wildman–Crippen MR) is 102 cm³/mol. The average molecular weight is 377 g/mol. The van der Waals surface area contributed by atoms with Crippen LogP contribution in [-0.4, -0.2) is 27.0 Å². The summed E-state index contributed by atoms with van der Waals surface area (Å²) in [5.41, 5.74) is 1.23. The van der Waals surface area contributed by atoms with Crippen LogP contribution in [0.4, 0.5) is 5.13 Å². The summed E-state index contributed by atoms with van der Waals surface area (Å²) in [5, 5.41) is 19.9. The van der Waals surface area contributed by atoms with E-state index in [1.165, 1.54) is 16.2 Å². The highest BCUT2D eigenvalue weighted by Gasteiger charge is 2.48. The van der Waals surface area contributed by atoms with E-state index in [4.69, 9.17) is 0 Å². The number of amides is 1. The number of carbonyl (C=O) groups is 2. The monoisotopic (exact) mass is 377 g/mol. The molecule has 0 spiro atoms. The van der Waals surface area contributed by atoms with Crippen molar-refractivity contribution in [2.45, 2.75) is 13.0 Å². The molecule has 0 saturated carbocycles. The van der Waals surface area contributed by atoms with E-state index in [0.29, 0.717) is 21.3 Å². The predicted octanol–water partition coefficient (Wildman–Crippen LogP) is 3.47. The summed E-state index contributed by atoms with van der Waals surface area (Å²) in [7, 11) is 0. The lowest BCUT2D eigenvalue weighted by Gasteiger charge is -2.22. The van der Waals surface area contributed by atoms with Crippen LogP contribution in [-0.2, 0) is 9.59 Å². The van der Waals surface area contributed by atoms with Gasteiger partial charge in [0.15, 0.2) is 0 Å². The molecule has 1 aliphatic rings. The van der Waals surface area contributed by atoms with Gasteiger partial charge in [-0.1, -0.05) is 72.0 Å². The van der Waals surface area contributed by atoms with Crippen molar-refractivity contribution in [1.29, 1.82) is 0 Å². The van der Waals surface area contributed by atoms with Crippen LogP contribution in [0.25, 0.3) is 5.76 Å². The first-order valence-corrected chi connectivity index (χ1v) is 9.11. The van der Waals surface area contributed by atoms with Gasteiger partial charge in [0.1, 0.15) is 10.8 Å². The van der Waals surface area contributed by atoms with Crippen molar-refractivity contribution in [2.24, 2.45) is 0 Å². The first-order chi connectivity index (χ1) is 13.1. The normalized spacial score (nSPS) is 18.9. The minimum Gasteiger partial charge on any atom is -0.507 e. The fourth-order valence-corrected chi connectivity index (χ4v) is 3.83. The zero-order valence-electron chi connectivity index (χ0n) is 14.4. The number of aromatic nitrogens is 2. The average Bonchev–Trinajstić information content (AvgIpc) is 3.24. The Hall–Kier alpha value is -3.32. The molecule has 1 amide bonds. The molecule has 7 heteroatoms. The molecule has 1 atom stereocenters. The summed E-state index contributed by atoms with van der Waals surface area (Å²) in [6.45, 7) is 1.78. The topological polar surface area (TPSA) is 83.4 Å². The van der Waals surface area contributed by atoms with E-state index < -0.39 is 17.7 Å². The molecule has 2 aromatic carbocycles. The van der Waals surface area contributed by atoms with Gasteiger partial charge in [-0.15, -0.1) is 10.2 Å². The molecule has 3 aromatic rings. The van der Waals surface area contributed by atoms with Crippen LogP contribution in [0, 0.1) is 6.92 Å². The van der Waals surface area contributed by atoms with Crippen LogP contribution in [0.2, 0.25) is 0 Å². The molecule has 1 fully saturated rings. The molecule has 1 N–H and O–H groups in total. The largest absolute Gasteiger partial charge is 0.507 e. The molecule has 6 nitrogen and oxygen atoms in total. The van der Waals surface area contributed by atoms with Gasteiger partial charge in [0.05, 0.1) is 11.6 Å². The maximum Gasteiger partial charge on any atom is 0.301 e. The third kappa shape index (κ3) is 2.92. The van der Waals surface area contributed by atoms with Gasteiger partial charge >= 0.3 is 5.91 Å². The second-order valence-electron chi connectivity index (χ2n) is 6.05. The van der Waals surface area contributed by atoms with E-state index in [-0.39, 0.29) is 11.3 Å². The molecule has 1 unspecified atom stereocenters. The lowest BCUT2D eigenvalue weighted by atomic mass is 9.95. The number of rotatable bonds is 3. The van der Waals surface area contributed by atoms with Gasteiger partial charge in [-0.25, -0.2) is 0 Å². The lowest BCUT2D eigenvalue weighted by molar-refractivity contribution is -0.132. The maximum atomic E-state index is 12.8. The Morgan fingerprint density at radius 3 is 2.22 bits per heavy atom. The second-order valence-corrected chi connectivity index (χ2v) is 7.21. The molecule has 1 saturated heterocycles. The summed E-state index contributed by atoms with van der Waals surface area (Å²) >= 11 is 1.23. The van der Waals surface area contributed by atoms with Crippen LogP contribution in [0.3, 0.4) is 0 Å². The molecule has 1 aliphatic heterocycles. The van der Waals surface area contributed by atoms with Crippen molar-refractivity contribution in [3.8, 4) is 0 Å². The molecule has 4 rings (SSSR count). The summed E-state index contributed by atoms with van der Waals surface area (Å²) in [5.74, 6) is -1.66. The number of hydrogen-bond donors (Lipinski definition) is 1. The van der Waals surface area contributed by atoms with Gasteiger partial charge < -0.3 is 5.11 Å². The number of aryl methyl sites for hydroxylation is 1. The van der Waals surface area contributed by atoms with Crippen LogP contribution in [0.1, 0.15) is 22.2 Å². The number of anilines is 1. The fraction of sp³-hybridized carbons (Fsp3) is 0.100. The van der Waals surface area contributed by atoms with E-state index >= 15 is 0 Å². The van der Waals surface area contributed by atoms with Crippen molar-refractivity contribution in [1.82, 2.24) is 10.2 Å². The quantitative estimate of drug-likeness (QED) is 0.429. The molecule has 134 valence electrons. The van der Waals surface area contributed by atoms with Crippen LogP contribution < -0.4 is 4.90 Å². The van der Waals surface area contributed by atoms with Gasteiger partial charge in [0.2, 0.25) is 5.13 Å². The van der Waals surface area contributed by atoms with Crippen LogP contribution in [0.5, 0.6) is 0 Å². The standard InChI is InChI=1S/C20H15N3O3S/c1-12-21-22-20(27-12)23-16(13-8-4-2-5-9-13)15(18(25)19(23)26)17(24)14-10-6-3-7-11-14/h2-11,16,24H,1H3/b17-15+. The zero-order chi connectivity index (χ0) is 19.0. The minimum absolute atomic E-state index is 0.0465. The smallest absolute Gasteiger partial charge is 0.301 e. The molecule has 27 heavy (non-hydrogen) atoms. The van der Waals surface area contributed by atoms with Crippen molar-refractivity contribution in [2.75, 3.05) is 4.90 Å². The van der Waals surface area contributed by atoms with Crippen LogP contribution >= 0.6 is 11.3 Å². The molecule has 0 bridgehead atoms. The van der Waals surface area contributed by atoms with Crippen molar-refractivity contribution in [3.05, 3.63) is 82.4 Å². The van der Waals surface area contributed by atoms with Crippen LogP contribution in [0.15, 0.2) is 66.2 Å². The molecule has 2 heterocycles. The number of hydrogen-bond acceptors (Lipinski definition) is 6. The van der Waals surface area contributed by atoms with Crippen molar-refractivity contribution in [3.63, 3.8) is 0 Å². The van der Waals surface area contributed by atoms with Gasteiger partial charge in [0, 0.05) is 5.56 Å². The number of aliphatic hydroxyl groups excluding tert-OH is 1. The Morgan fingerprint density at radius 2 is 1.63 bits per heavy atom. The SMILES string of the molecule is Cc1nnc(N2C(=O)C(=O)/C(=C(/O)c3ccccc3)C2c2ccccc2)s1. The number of Topliss-reactive ketones (excluding diaryl/α,β-unsaturated/α-hetero) is 1. The van der Waals surface area contributed by atoms with Gasteiger partial charge in [0.25, 0.3) is 5.78 Å². The van der Waals surface area contributed by atoms with Crippen molar-refractivity contribution >= 4 is 33.9 Å². The van der Waals surface area contributed by atoms with E-state index in [2.05, 4.69) is 10.2 Å². The molecule has 1 aromatic heterocycles. The van der Waals surface area contributed by atoms with E-state index in [9.17, 15) is 14.7 Å². The first-order valence-electron chi connectivity index (χ1n) is 8.29. The number of benzene rings is 2. The third-order valence-electron chi connectivity index (χ3n) is 4.33. The number of aliphatic hydroxyl groups is 1. The maximum absolute atomic E-state index is 12.8. The number of nitrogens with zero attached hydrogens (tertiary/aromatic N) is 3. The number of carbonyl (C=O) groups excluding carboxylic acids is 2. The Bertz CT molecular complexity index is 1040. The highest BCUT2D eigenvalue weighted by Crippen LogP contribution is 2.42. The molecule has 0 aliphatic carbocycles. The van der Waals surface area contributed by atoms with E-state index in [1.807, 2.05) is 36.4 Å². The Labute approximate surface area is 159 Å². The van der Waals surface area contributed by atoms with Gasteiger partial charge in [-0.3, -0.25) is 14.5 Å². The minimum atomic E-state index is -0.765. The van der Waals surface area contributed by atoms with E-state index in [1.54, 1.807) is 31.2 Å². The Kier molecular flexibility index (Phi) is 4.29. The Morgan fingerprint density at radius 1 is 1.00 bits per heavy atom. The van der Waals surface area contributed by atoms with Gasteiger partial charge in [-0.05, 0) is 12.5 Å². The molecular weight excluding hydrogens is 362 g/mol. The molecular formula is C20H15N3O3S. The summed E-state index contributed by atoms with van der Waals surface area (Å²) in [4.78, 5) is 27.0. The fourth-order valence-electron chi connectivity index (χ4n) is 3.12. The summed E-state index contributed by atoms with van der Waals surface area (Å²) in [6.07, 6.45) is 0. The lowest BCUT2D eigenvalue weighted by Crippen LogP contribution is -2.29. The van der Waals surface area contributed by atoms with E-state index in [0.717, 1.165) is 0 Å². The second kappa shape index (κ2) is 6.77. The summed E-state index contributed by atoms with van der Waals surface area (Å²) < 4.78 is 0. The van der Waals surface area contributed by atoms with Gasteiger partial charge in [-0.2, -0.15) is 0 Å². The van der Waals surface area contributed by atoms with Crippen molar-refractivity contribution < 1.29 is 14.7 Å². The third-order valence-corrected chi connectivity index (χ3v) is 5.17. The number of ketones is 1. The molecule has 0 radical (unpaired) electrons. The zero-order valence-corrected chi connectivity index (χ0v) is 15.2. The highest BCUT2D eigenvalue weighted by molar-refractivity contribution is 7.15. The highest BCUT2D eigenvalue weighted by atomic mass is 32.1. The Balaban J connectivity index is 1.94.